The summed E-state index contributed by atoms with van der Waals surface area (Å²) in [5, 5.41) is 1.15. The number of rotatable bonds is 2. The van der Waals surface area contributed by atoms with Crippen LogP contribution >= 0.6 is 15.9 Å². The Morgan fingerprint density at radius 2 is 2.08 bits per heavy atom. The number of nitrogens with one attached hydrogen (secondary N) is 1. The lowest BCUT2D eigenvalue weighted by Crippen LogP contribution is -2.38. The van der Waals surface area contributed by atoms with E-state index in [-0.39, 0.29) is 5.91 Å². The number of aromatic nitrogens is 2. The summed E-state index contributed by atoms with van der Waals surface area (Å²) >= 11 is 3.34. The predicted molar refractivity (Wildman–Crippen MR) is 98.1 cm³/mol. The monoisotopic (exact) mass is 401 g/mol. The van der Waals surface area contributed by atoms with E-state index in [1.54, 1.807) is 12.3 Å². The maximum atomic E-state index is 13.5. The summed E-state index contributed by atoms with van der Waals surface area (Å²) in [4.78, 5) is 22.1. The van der Waals surface area contributed by atoms with Gasteiger partial charge in [0.1, 0.15) is 11.5 Å². The summed E-state index contributed by atoms with van der Waals surface area (Å²) in [6.45, 7) is 1.33. The Kier molecular flexibility index (Phi) is 4.29. The topological polar surface area (TPSA) is 49.0 Å². The fourth-order valence-electron chi connectivity index (χ4n) is 3.54. The Labute approximate surface area is 153 Å². The third-order valence-electron chi connectivity index (χ3n) is 4.86. The van der Waals surface area contributed by atoms with Gasteiger partial charge in [-0.05, 0) is 70.6 Å². The van der Waals surface area contributed by atoms with Gasteiger partial charge >= 0.3 is 0 Å². The summed E-state index contributed by atoms with van der Waals surface area (Å²) in [6, 6.07) is 8.24. The number of benzene rings is 1. The number of aromatic amines is 1. The number of hydrogen-bond donors (Lipinski definition) is 1. The van der Waals surface area contributed by atoms with E-state index >= 15 is 0 Å². The van der Waals surface area contributed by atoms with Gasteiger partial charge < -0.3 is 9.88 Å². The summed E-state index contributed by atoms with van der Waals surface area (Å²) in [7, 11) is 0. The molecule has 0 unspecified atom stereocenters. The van der Waals surface area contributed by atoms with Crippen LogP contribution in [0.3, 0.4) is 0 Å². The second-order valence-electron chi connectivity index (χ2n) is 6.33. The lowest BCUT2D eigenvalue weighted by atomic mass is 9.89. The van der Waals surface area contributed by atoms with Crippen LogP contribution in [0.25, 0.3) is 11.0 Å². The Morgan fingerprint density at radius 1 is 1.28 bits per heavy atom. The first-order valence-corrected chi connectivity index (χ1v) is 9.09. The zero-order valence-corrected chi connectivity index (χ0v) is 15.1. The molecule has 1 fully saturated rings. The maximum Gasteiger partial charge on any atom is 0.255 e. The summed E-state index contributed by atoms with van der Waals surface area (Å²) in [5.41, 5.74) is 2.55. The number of H-pyrrole nitrogens is 1. The van der Waals surface area contributed by atoms with Gasteiger partial charge in [-0.15, -0.1) is 0 Å². The number of carbonyl (C=O) groups excluding carboxylic acids is 1. The highest BCUT2D eigenvalue weighted by Gasteiger charge is 2.27. The molecule has 0 aliphatic carbocycles. The first kappa shape index (κ1) is 16.3. The molecule has 0 spiro atoms. The number of pyridine rings is 1. The molecule has 3 heterocycles. The highest BCUT2D eigenvalue weighted by Crippen LogP contribution is 2.33. The quantitative estimate of drug-likeness (QED) is 0.687. The van der Waals surface area contributed by atoms with Gasteiger partial charge in [0.15, 0.2) is 0 Å². The van der Waals surface area contributed by atoms with Crippen LogP contribution in [-0.4, -0.2) is 33.9 Å². The average molecular weight is 402 g/mol. The van der Waals surface area contributed by atoms with Crippen molar-refractivity contribution in [3.05, 3.63) is 64.1 Å². The molecule has 0 saturated carbocycles. The average Bonchev–Trinajstić information content (AvgIpc) is 3.07. The van der Waals surface area contributed by atoms with Crippen molar-refractivity contribution in [3.63, 3.8) is 0 Å². The first-order chi connectivity index (χ1) is 12.1. The number of fused-ring (bicyclic) bond motifs is 1. The van der Waals surface area contributed by atoms with E-state index in [0.717, 1.165) is 23.9 Å². The third-order valence-corrected chi connectivity index (χ3v) is 5.56. The zero-order valence-electron chi connectivity index (χ0n) is 13.5. The van der Waals surface area contributed by atoms with Crippen LogP contribution in [0.1, 0.15) is 34.7 Å². The molecule has 1 amide bonds. The van der Waals surface area contributed by atoms with Gasteiger partial charge in [-0.2, -0.15) is 0 Å². The Hall–Kier alpha value is -2.21. The molecule has 1 aromatic carbocycles. The lowest BCUT2D eigenvalue weighted by Gasteiger charge is -2.32. The standard InChI is InChI=1S/C19H17BrFN3O/c20-17-4-3-13(21)10-15(17)19(25)24-8-5-12(6-9-24)16-11-23-18-14(16)2-1-7-22-18/h1-4,7,10-12H,5-6,8-9H2,(H,22,23). The molecule has 25 heavy (non-hydrogen) atoms. The first-order valence-electron chi connectivity index (χ1n) is 8.30. The number of piperidine rings is 1. The number of halogens is 2. The Morgan fingerprint density at radius 3 is 2.88 bits per heavy atom. The lowest BCUT2D eigenvalue weighted by molar-refractivity contribution is 0.0712. The van der Waals surface area contributed by atoms with E-state index in [2.05, 4.69) is 32.0 Å². The molecule has 128 valence electrons. The molecule has 0 bridgehead atoms. The van der Waals surface area contributed by atoms with Crippen molar-refractivity contribution >= 4 is 32.9 Å². The molecule has 0 radical (unpaired) electrons. The molecule has 3 aromatic rings. The van der Waals surface area contributed by atoms with Gasteiger partial charge in [0.2, 0.25) is 0 Å². The van der Waals surface area contributed by atoms with Gasteiger partial charge in [0.25, 0.3) is 5.91 Å². The van der Waals surface area contributed by atoms with Crippen molar-refractivity contribution in [2.24, 2.45) is 0 Å². The number of nitrogens with zero attached hydrogens (tertiary/aromatic N) is 2. The molecule has 1 saturated heterocycles. The van der Waals surface area contributed by atoms with Gasteiger partial charge in [-0.3, -0.25) is 4.79 Å². The van der Waals surface area contributed by atoms with Gasteiger partial charge in [-0.1, -0.05) is 0 Å². The summed E-state index contributed by atoms with van der Waals surface area (Å²) in [6.07, 6.45) is 5.59. The normalized spacial score (nSPS) is 15.7. The maximum absolute atomic E-state index is 13.5. The van der Waals surface area contributed by atoms with Crippen LogP contribution in [0.15, 0.2) is 47.2 Å². The number of likely N-dealkylation sites (tertiary alicyclic amines) is 1. The van der Waals surface area contributed by atoms with Crippen LogP contribution in [0.5, 0.6) is 0 Å². The van der Waals surface area contributed by atoms with E-state index in [4.69, 9.17) is 0 Å². The Bertz CT molecular complexity index is 931. The molecule has 2 aromatic heterocycles. The van der Waals surface area contributed by atoms with E-state index in [1.807, 2.05) is 17.2 Å². The predicted octanol–water partition coefficient (Wildman–Crippen LogP) is 4.48. The van der Waals surface area contributed by atoms with Crippen molar-refractivity contribution in [1.29, 1.82) is 0 Å². The van der Waals surface area contributed by atoms with Crippen molar-refractivity contribution in [2.75, 3.05) is 13.1 Å². The number of amides is 1. The van der Waals surface area contributed by atoms with Gasteiger partial charge in [0.05, 0.1) is 5.56 Å². The van der Waals surface area contributed by atoms with Crippen LogP contribution in [-0.2, 0) is 0 Å². The fraction of sp³-hybridized carbons (Fsp3) is 0.263. The minimum absolute atomic E-state index is 0.120. The summed E-state index contributed by atoms with van der Waals surface area (Å²) in [5.74, 6) is -0.115. The van der Waals surface area contributed by atoms with Crippen molar-refractivity contribution in [3.8, 4) is 0 Å². The van der Waals surface area contributed by atoms with Crippen molar-refractivity contribution in [2.45, 2.75) is 18.8 Å². The fourth-order valence-corrected chi connectivity index (χ4v) is 3.96. The van der Waals surface area contributed by atoms with E-state index < -0.39 is 5.82 Å². The van der Waals surface area contributed by atoms with Crippen molar-refractivity contribution < 1.29 is 9.18 Å². The van der Waals surface area contributed by atoms with Crippen LogP contribution in [0.4, 0.5) is 4.39 Å². The van der Waals surface area contributed by atoms with Crippen LogP contribution in [0.2, 0.25) is 0 Å². The highest BCUT2D eigenvalue weighted by atomic mass is 79.9. The zero-order chi connectivity index (χ0) is 17.4. The minimum atomic E-state index is -0.396. The molecule has 6 heteroatoms. The molecule has 1 N–H and O–H groups in total. The van der Waals surface area contributed by atoms with Gasteiger partial charge in [-0.25, -0.2) is 9.37 Å². The van der Waals surface area contributed by atoms with E-state index in [1.165, 1.54) is 17.7 Å². The van der Waals surface area contributed by atoms with Gasteiger partial charge in [0, 0.05) is 35.3 Å². The molecule has 4 rings (SSSR count). The van der Waals surface area contributed by atoms with Crippen molar-refractivity contribution in [1.82, 2.24) is 14.9 Å². The largest absolute Gasteiger partial charge is 0.346 e. The number of hydrogen-bond acceptors (Lipinski definition) is 2. The molecule has 4 nitrogen and oxygen atoms in total. The minimum Gasteiger partial charge on any atom is -0.346 e. The van der Waals surface area contributed by atoms with E-state index in [0.29, 0.717) is 29.0 Å². The molecule has 0 atom stereocenters. The van der Waals surface area contributed by atoms with E-state index in [9.17, 15) is 9.18 Å². The second kappa shape index (κ2) is 6.59. The molecular weight excluding hydrogens is 385 g/mol. The SMILES string of the molecule is O=C(c1cc(F)ccc1Br)N1CCC(c2c[nH]c3ncccc23)CC1. The smallest absolute Gasteiger partial charge is 0.255 e. The third kappa shape index (κ3) is 3.06. The van der Waals surface area contributed by atoms with Crippen LogP contribution in [0, 0.1) is 5.82 Å². The summed E-state index contributed by atoms with van der Waals surface area (Å²) < 4.78 is 14.1. The second-order valence-corrected chi connectivity index (χ2v) is 7.19. The highest BCUT2D eigenvalue weighted by molar-refractivity contribution is 9.10. The molecular formula is C19H17BrFN3O. The Balaban J connectivity index is 1.50. The molecule has 1 aliphatic heterocycles. The van der Waals surface area contributed by atoms with Crippen LogP contribution < -0.4 is 0 Å². The number of carbonyl (C=O) groups is 1. The molecule has 1 aliphatic rings.